The Morgan fingerprint density at radius 2 is 2.00 bits per heavy atom. The zero-order valence-corrected chi connectivity index (χ0v) is 12.5. The molecule has 0 bridgehead atoms. The fraction of sp³-hybridized carbons (Fsp3) is 0.111. The molecule has 1 N–H and O–H groups in total. The molecule has 0 atom stereocenters. The molecule has 0 aliphatic rings. The van der Waals surface area contributed by atoms with E-state index >= 15 is 0 Å². The lowest BCUT2D eigenvalue weighted by molar-refractivity contribution is 0.0949. The van der Waals surface area contributed by atoms with Crippen LogP contribution in [0.25, 0.3) is 11.3 Å². The molecule has 2 heterocycles. The first-order chi connectivity index (χ1) is 11.1. The number of pyridine rings is 1. The zero-order valence-electron chi connectivity index (χ0n) is 12.5. The molecule has 1 amide bonds. The van der Waals surface area contributed by atoms with Gasteiger partial charge in [-0.05, 0) is 49.4 Å². The van der Waals surface area contributed by atoms with Crippen LogP contribution < -0.4 is 5.32 Å². The minimum Gasteiger partial charge on any atom is -0.461 e. The Hall–Kier alpha value is -2.95. The van der Waals surface area contributed by atoms with Crippen LogP contribution in [0.2, 0.25) is 0 Å². The monoisotopic (exact) mass is 310 g/mol. The number of hydrogen-bond acceptors (Lipinski definition) is 3. The SMILES string of the molecule is Cc1oc(-c2ccc(F)cc2)cc1C(=O)NCc1ccccn1. The summed E-state index contributed by atoms with van der Waals surface area (Å²) in [6.45, 7) is 2.07. The first kappa shape index (κ1) is 15.0. The largest absolute Gasteiger partial charge is 0.461 e. The summed E-state index contributed by atoms with van der Waals surface area (Å²) in [5.74, 6) is 0.504. The lowest BCUT2D eigenvalue weighted by Gasteiger charge is -2.03. The van der Waals surface area contributed by atoms with Gasteiger partial charge in [-0.3, -0.25) is 9.78 Å². The maximum absolute atomic E-state index is 13.0. The predicted octanol–water partition coefficient (Wildman–Crippen LogP) is 3.72. The van der Waals surface area contributed by atoms with Crippen molar-refractivity contribution in [3.05, 3.63) is 77.6 Å². The molecule has 4 nitrogen and oxygen atoms in total. The molecule has 0 saturated carbocycles. The van der Waals surface area contributed by atoms with Crippen molar-refractivity contribution < 1.29 is 13.6 Å². The van der Waals surface area contributed by atoms with Crippen LogP contribution >= 0.6 is 0 Å². The maximum atomic E-state index is 13.0. The van der Waals surface area contributed by atoms with Gasteiger partial charge in [-0.15, -0.1) is 0 Å². The summed E-state index contributed by atoms with van der Waals surface area (Å²) in [5.41, 5.74) is 1.96. The van der Waals surface area contributed by atoms with E-state index in [9.17, 15) is 9.18 Å². The molecule has 0 fully saturated rings. The molecule has 3 rings (SSSR count). The molecule has 23 heavy (non-hydrogen) atoms. The van der Waals surface area contributed by atoms with Crippen LogP contribution in [0.3, 0.4) is 0 Å². The molecule has 0 unspecified atom stereocenters. The van der Waals surface area contributed by atoms with Gasteiger partial charge in [-0.1, -0.05) is 6.07 Å². The van der Waals surface area contributed by atoms with Gasteiger partial charge < -0.3 is 9.73 Å². The van der Waals surface area contributed by atoms with E-state index in [1.165, 1.54) is 12.1 Å². The first-order valence-corrected chi connectivity index (χ1v) is 7.18. The van der Waals surface area contributed by atoms with Crippen molar-refractivity contribution in [1.82, 2.24) is 10.3 Å². The summed E-state index contributed by atoms with van der Waals surface area (Å²) < 4.78 is 18.6. The molecular formula is C18H15FN2O2. The van der Waals surface area contributed by atoms with Crippen molar-refractivity contribution >= 4 is 5.91 Å². The molecule has 0 saturated heterocycles. The van der Waals surface area contributed by atoms with Crippen molar-refractivity contribution in [1.29, 1.82) is 0 Å². The van der Waals surface area contributed by atoms with Crippen molar-refractivity contribution in [3.8, 4) is 11.3 Å². The molecule has 0 aliphatic heterocycles. The smallest absolute Gasteiger partial charge is 0.255 e. The quantitative estimate of drug-likeness (QED) is 0.799. The summed E-state index contributed by atoms with van der Waals surface area (Å²) in [7, 11) is 0. The van der Waals surface area contributed by atoms with E-state index in [0.717, 1.165) is 11.3 Å². The summed E-state index contributed by atoms with van der Waals surface area (Å²) in [5, 5.41) is 2.81. The number of benzene rings is 1. The third-order valence-corrected chi connectivity index (χ3v) is 3.45. The normalized spacial score (nSPS) is 10.5. The second kappa shape index (κ2) is 6.44. The summed E-state index contributed by atoms with van der Waals surface area (Å²) >= 11 is 0. The molecular weight excluding hydrogens is 295 g/mol. The van der Waals surface area contributed by atoms with E-state index in [4.69, 9.17) is 4.42 Å². The molecule has 0 radical (unpaired) electrons. The molecule has 0 aliphatic carbocycles. The maximum Gasteiger partial charge on any atom is 0.255 e. The highest BCUT2D eigenvalue weighted by Gasteiger charge is 2.16. The molecule has 5 heteroatoms. The number of aromatic nitrogens is 1. The molecule has 3 aromatic rings. The van der Waals surface area contributed by atoms with Gasteiger partial charge in [0.1, 0.15) is 17.3 Å². The van der Waals surface area contributed by atoms with Gasteiger partial charge in [-0.25, -0.2) is 4.39 Å². The Morgan fingerprint density at radius 1 is 1.22 bits per heavy atom. The number of rotatable bonds is 4. The van der Waals surface area contributed by atoms with Crippen LogP contribution in [-0.2, 0) is 6.54 Å². The number of nitrogens with zero attached hydrogens (tertiary/aromatic N) is 1. The molecule has 0 spiro atoms. The number of carbonyl (C=O) groups excluding carboxylic acids is 1. The van der Waals surface area contributed by atoms with E-state index in [-0.39, 0.29) is 11.7 Å². The number of hydrogen-bond donors (Lipinski definition) is 1. The van der Waals surface area contributed by atoms with Gasteiger partial charge in [-0.2, -0.15) is 0 Å². The highest BCUT2D eigenvalue weighted by atomic mass is 19.1. The first-order valence-electron chi connectivity index (χ1n) is 7.18. The van der Waals surface area contributed by atoms with E-state index in [0.29, 0.717) is 23.6 Å². The number of aryl methyl sites for hydroxylation is 1. The van der Waals surface area contributed by atoms with E-state index in [2.05, 4.69) is 10.3 Å². The minimum absolute atomic E-state index is 0.231. The van der Waals surface area contributed by atoms with E-state index in [1.807, 2.05) is 18.2 Å². The van der Waals surface area contributed by atoms with Gasteiger partial charge >= 0.3 is 0 Å². The number of amides is 1. The van der Waals surface area contributed by atoms with Crippen LogP contribution in [0.4, 0.5) is 4.39 Å². The third kappa shape index (κ3) is 3.45. The molecule has 116 valence electrons. The topological polar surface area (TPSA) is 55.1 Å². The Morgan fingerprint density at radius 3 is 2.70 bits per heavy atom. The van der Waals surface area contributed by atoms with E-state index in [1.54, 1.807) is 31.3 Å². The highest BCUT2D eigenvalue weighted by Crippen LogP contribution is 2.25. The van der Waals surface area contributed by atoms with Crippen LogP contribution in [0.15, 0.2) is 59.1 Å². The Bertz CT molecular complexity index is 811. The lowest BCUT2D eigenvalue weighted by atomic mass is 10.1. The third-order valence-electron chi connectivity index (χ3n) is 3.45. The van der Waals surface area contributed by atoms with Gasteiger partial charge in [0.15, 0.2) is 0 Å². The second-order valence-electron chi connectivity index (χ2n) is 5.09. The van der Waals surface area contributed by atoms with Gasteiger partial charge in [0.25, 0.3) is 5.91 Å². The summed E-state index contributed by atoms with van der Waals surface area (Å²) in [4.78, 5) is 16.4. The number of halogens is 1. The predicted molar refractivity (Wildman–Crippen MR) is 84.2 cm³/mol. The van der Waals surface area contributed by atoms with Crippen LogP contribution in [-0.4, -0.2) is 10.9 Å². The molecule has 1 aromatic carbocycles. The highest BCUT2D eigenvalue weighted by molar-refractivity contribution is 5.96. The summed E-state index contributed by atoms with van der Waals surface area (Å²) in [6, 6.07) is 13.1. The van der Waals surface area contributed by atoms with Gasteiger partial charge in [0, 0.05) is 11.8 Å². The van der Waals surface area contributed by atoms with Gasteiger partial charge in [0.05, 0.1) is 17.8 Å². The van der Waals surface area contributed by atoms with E-state index < -0.39 is 0 Å². The molecule has 2 aromatic heterocycles. The standard InChI is InChI=1S/C18H15FN2O2/c1-12-16(18(22)21-11-15-4-2-3-9-20-15)10-17(23-12)13-5-7-14(19)8-6-13/h2-10H,11H2,1H3,(H,21,22). The van der Waals surface area contributed by atoms with Crippen molar-refractivity contribution in [2.24, 2.45) is 0 Å². The van der Waals surface area contributed by atoms with Crippen LogP contribution in [0.5, 0.6) is 0 Å². The number of carbonyl (C=O) groups is 1. The van der Waals surface area contributed by atoms with Crippen molar-refractivity contribution in [2.45, 2.75) is 13.5 Å². The lowest BCUT2D eigenvalue weighted by Crippen LogP contribution is -2.23. The zero-order chi connectivity index (χ0) is 16.2. The number of furan rings is 1. The fourth-order valence-electron chi connectivity index (χ4n) is 2.23. The van der Waals surface area contributed by atoms with Crippen molar-refractivity contribution in [3.63, 3.8) is 0 Å². The van der Waals surface area contributed by atoms with Crippen LogP contribution in [0, 0.1) is 12.7 Å². The average Bonchev–Trinajstić information content (AvgIpc) is 2.96. The Kier molecular flexibility index (Phi) is 4.19. The number of nitrogens with one attached hydrogen (secondary N) is 1. The van der Waals surface area contributed by atoms with Crippen LogP contribution in [0.1, 0.15) is 21.8 Å². The fourth-order valence-corrected chi connectivity index (χ4v) is 2.23. The second-order valence-corrected chi connectivity index (χ2v) is 5.09. The minimum atomic E-state index is -0.314. The Balaban J connectivity index is 1.75. The Labute approximate surface area is 133 Å². The average molecular weight is 310 g/mol. The van der Waals surface area contributed by atoms with Crippen molar-refractivity contribution in [2.75, 3.05) is 0 Å². The summed E-state index contributed by atoms with van der Waals surface area (Å²) in [6.07, 6.45) is 1.68. The van der Waals surface area contributed by atoms with Gasteiger partial charge in [0.2, 0.25) is 0 Å².